The van der Waals surface area contributed by atoms with Gasteiger partial charge in [-0.1, -0.05) is 13.8 Å². The molecule has 0 radical (unpaired) electrons. The molecule has 0 amide bonds. The van der Waals surface area contributed by atoms with Crippen molar-refractivity contribution >= 4 is 27.8 Å². The molecule has 0 saturated heterocycles. The number of aryl methyl sites for hydroxylation is 1. The number of thiazole rings is 2. The molecule has 0 aliphatic heterocycles. The first-order valence-corrected chi connectivity index (χ1v) is 8.69. The second kappa shape index (κ2) is 7.15. The Labute approximate surface area is 128 Å². The summed E-state index contributed by atoms with van der Waals surface area (Å²) in [5.41, 5.74) is 2.14. The van der Waals surface area contributed by atoms with E-state index in [9.17, 15) is 0 Å². The van der Waals surface area contributed by atoms with Gasteiger partial charge in [0.2, 0.25) is 0 Å². The number of hydrogen-bond donors (Lipinski definition) is 1. The standard InChI is InChI=1S/C14H22N4S2/c1-5-18(6-2)8-7-12-16-10(3)13(20-12)11-9-19-14(15-4)17-11/h9H,5-8H2,1-4H3,(H,15,17). The summed E-state index contributed by atoms with van der Waals surface area (Å²) in [6, 6.07) is 0. The second-order valence-corrected chi connectivity index (χ2v) is 6.53. The van der Waals surface area contributed by atoms with E-state index in [1.165, 1.54) is 9.88 Å². The van der Waals surface area contributed by atoms with Gasteiger partial charge in [-0.05, 0) is 20.0 Å². The predicted octanol–water partition coefficient (Wildman–Crippen LogP) is 3.50. The minimum atomic E-state index is 0.956. The van der Waals surface area contributed by atoms with Crippen LogP contribution >= 0.6 is 22.7 Å². The quantitative estimate of drug-likeness (QED) is 0.850. The molecule has 0 aliphatic carbocycles. The van der Waals surface area contributed by atoms with Crippen LogP contribution in [0, 0.1) is 6.92 Å². The first-order valence-electron chi connectivity index (χ1n) is 7.00. The van der Waals surface area contributed by atoms with Crippen LogP contribution in [0.15, 0.2) is 5.38 Å². The molecule has 110 valence electrons. The zero-order valence-corrected chi connectivity index (χ0v) is 14.2. The predicted molar refractivity (Wildman–Crippen MR) is 89.0 cm³/mol. The van der Waals surface area contributed by atoms with Crippen LogP contribution in [0.5, 0.6) is 0 Å². The molecule has 4 nitrogen and oxygen atoms in total. The molecule has 0 fully saturated rings. The monoisotopic (exact) mass is 310 g/mol. The average molecular weight is 310 g/mol. The number of nitrogens with zero attached hydrogens (tertiary/aromatic N) is 3. The van der Waals surface area contributed by atoms with Gasteiger partial charge in [-0.2, -0.15) is 0 Å². The van der Waals surface area contributed by atoms with Crippen molar-refractivity contribution in [3.05, 3.63) is 16.1 Å². The Morgan fingerprint density at radius 2 is 2.00 bits per heavy atom. The van der Waals surface area contributed by atoms with Gasteiger partial charge in [0.1, 0.15) is 0 Å². The highest BCUT2D eigenvalue weighted by Crippen LogP contribution is 2.32. The number of nitrogens with one attached hydrogen (secondary N) is 1. The molecule has 2 rings (SSSR count). The molecule has 0 aliphatic rings. The van der Waals surface area contributed by atoms with Gasteiger partial charge in [-0.3, -0.25) is 0 Å². The summed E-state index contributed by atoms with van der Waals surface area (Å²) in [4.78, 5) is 12.9. The Morgan fingerprint density at radius 3 is 2.60 bits per heavy atom. The van der Waals surface area contributed by atoms with E-state index in [0.29, 0.717) is 0 Å². The zero-order valence-electron chi connectivity index (χ0n) is 12.6. The molecule has 0 aromatic carbocycles. The number of likely N-dealkylation sites (N-methyl/N-ethyl adjacent to an activating group) is 1. The number of hydrogen-bond acceptors (Lipinski definition) is 6. The largest absolute Gasteiger partial charge is 0.365 e. The van der Waals surface area contributed by atoms with Crippen LogP contribution in [0.3, 0.4) is 0 Å². The van der Waals surface area contributed by atoms with Gasteiger partial charge in [-0.15, -0.1) is 22.7 Å². The molecular weight excluding hydrogens is 288 g/mol. The lowest BCUT2D eigenvalue weighted by atomic mass is 10.3. The van der Waals surface area contributed by atoms with E-state index in [0.717, 1.165) is 42.6 Å². The van der Waals surface area contributed by atoms with E-state index < -0.39 is 0 Å². The molecule has 0 unspecified atom stereocenters. The van der Waals surface area contributed by atoms with Crippen LogP contribution in [-0.4, -0.2) is 41.5 Å². The lowest BCUT2D eigenvalue weighted by Gasteiger charge is -2.16. The minimum absolute atomic E-state index is 0.956. The highest BCUT2D eigenvalue weighted by molar-refractivity contribution is 7.16. The first kappa shape index (κ1) is 15.4. The fourth-order valence-corrected chi connectivity index (χ4v) is 3.83. The normalized spacial score (nSPS) is 11.2. The smallest absolute Gasteiger partial charge is 0.182 e. The van der Waals surface area contributed by atoms with Gasteiger partial charge < -0.3 is 10.2 Å². The highest BCUT2D eigenvalue weighted by atomic mass is 32.1. The van der Waals surface area contributed by atoms with Crippen molar-refractivity contribution in [1.82, 2.24) is 14.9 Å². The van der Waals surface area contributed by atoms with Crippen LogP contribution < -0.4 is 5.32 Å². The Morgan fingerprint density at radius 1 is 1.25 bits per heavy atom. The van der Waals surface area contributed by atoms with Gasteiger partial charge >= 0.3 is 0 Å². The van der Waals surface area contributed by atoms with Gasteiger partial charge in [0.05, 0.1) is 21.3 Å². The number of rotatable bonds is 7. The lowest BCUT2D eigenvalue weighted by molar-refractivity contribution is 0.308. The van der Waals surface area contributed by atoms with Crippen LogP contribution in [0.4, 0.5) is 5.13 Å². The molecule has 0 bridgehead atoms. The molecule has 2 heterocycles. The SMILES string of the molecule is CCN(CC)CCc1nc(C)c(-c2csc(NC)n2)s1. The fraction of sp³-hybridized carbons (Fsp3) is 0.571. The van der Waals surface area contributed by atoms with Crippen LogP contribution in [-0.2, 0) is 6.42 Å². The third-order valence-electron chi connectivity index (χ3n) is 3.33. The van der Waals surface area contributed by atoms with E-state index in [2.05, 4.69) is 41.4 Å². The summed E-state index contributed by atoms with van der Waals surface area (Å²) >= 11 is 3.41. The molecular formula is C14H22N4S2. The molecule has 2 aromatic heterocycles. The van der Waals surface area contributed by atoms with Crippen molar-refractivity contribution in [2.45, 2.75) is 27.2 Å². The molecule has 20 heavy (non-hydrogen) atoms. The lowest BCUT2D eigenvalue weighted by Crippen LogP contribution is -2.25. The summed E-state index contributed by atoms with van der Waals surface area (Å²) in [6.07, 6.45) is 1.02. The molecule has 6 heteroatoms. The van der Waals surface area contributed by atoms with E-state index in [4.69, 9.17) is 4.98 Å². The first-order chi connectivity index (χ1) is 9.67. The van der Waals surface area contributed by atoms with Gasteiger partial charge in [0, 0.05) is 25.4 Å². The van der Waals surface area contributed by atoms with Crippen LogP contribution in [0.2, 0.25) is 0 Å². The highest BCUT2D eigenvalue weighted by Gasteiger charge is 2.13. The van der Waals surface area contributed by atoms with Crippen molar-refractivity contribution < 1.29 is 0 Å². The molecule has 0 spiro atoms. The molecule has 2 aromatic rings. The van der Waals surface area contributed by atoms with Crippen molar-refractivity contribution in [3.63, 3.8) is 0 Å². The third-order valence-corrected chi connectivity index (χ3v) is 5.43. The maximum absolute atomic E-state index is 4.70. The van der Waals surface area contributed by atoms with Crippen molar-refractivity contribution in [1.29, 1.82) is 0 Å². The van der Waals surface area contributed by atoms with Gasteiger partial charge in [-0.25, -0.2) is 9.97 Å². The zero-order chi connectivity index (χ0) is 14.5. The van der Waals surface area contributed by atoms with Crippen LogP contribution in [0.1, 0.15) is 24.5 Å². The summed E-state index contributed by atoms with van der Waals surface area (Å²) in [6.45, 7) is 9.77. The Hall–Kier alpha value is -0.980. The molecule has 0 atom stereocenters. The number of aromatic nitrogens is 2. The van der Waals surface area contributed by atoms with Crippen LogP contribution in [0.25, 0.3) is 10.6 Å². The third kappa shape index (κ3) is 3.56. The number of anilines is 1. The molecule has 0 saturated carbocycles. The van der Waals surface area contributed by atoms with E-state index in [1.807, 2.05) is 7.05 Å². The van der Waals surface area contributed by atoms with E-state index >= 15 is 0 Å². The summed E-state index contributed by atoms with van der Waals surface area (Å²) in [7, 11) is 1.90. The summed E-state index contributed by atoms with van der Waals surface area (Å²) in [5.74, 6) is 0. The topological polar surface area (TPSA) is 41.1 Å². The Kier molecular flexibility index (Phi) is 5.51. The maximum atomic E-state index is 4.70. The Balaban J connectivity index is 2.09. The van der Waals surface area contributed by atoms with Crippen molar-refractivity contribution in [3.8, 4) is 10.6 Å². The average Bonchev–Trinajstić information content (AvgIpc) is 3.06. The second-order valence-electron chi connectivity index (χ2n) is 4.59. The summed E-state index contributed by atoms with van der Waals surface area (Å²) < 4.78 is 0. The molecule has 1 N–H and O–H groups in total. The summed E-state index contributed by atoms with van der Waals surface area (Å²) in [5, 5.41) is 7.35. The minimum Gasteiger partial charge on any atom is -0.365 e. The van der Waals surface area contributed by atoms with E-state index in [1.54, 1.807) is 22.7 Å². The van der Waals surface area contributed by atoms with Gasteiger partial charge in [0.25, 0.3) is 0 Å². The van der Waals surface area contributed by atoms with Gasteiger partial charge in [0.15, 0.2) is 5.13 Å². The van der Waals surface area contributed by atoms with Crippen molar-refractivity contribution in [2.24, 2.45) is 0 Å². The maximum Gasteiger partial charge on any atom is 0.182 e. The Bertz CT molecular complexity index is 543. The van der Waals surface area contributed by atoms with E-state index in [-0.39, 0.29) is 0 Å². The van der Waals surface area contributed by atoms with Crippen molar-refractivity contribution in [2.75, 3.05) is 32.0 Å². The fourth-order valence-electron chi connectivity index (χ4n) is 2.08.